The van der Waals surface area contributed by atoms with Gasteiger partial charge >= 0.3 is 6.09 Å². The first-order valence-corrected chi connectivity index (χ1v) is 18.2. The van der Waals surface area contributed by atoms with Crippen molar-refractivity contribution in [2.24, 2.45) is 17.8 Å². The molecule has 3 aliphatic carbocycles. The average Bonchev–Trinajstić information content (AvgIpc) is 3.65. The second kappa shape index (κ2) is 14.1. The summed E-state index contributed by atoms with van der Waals surface area (Å²) in [6.45, 7) is 4.39. The van der Waals surface area contributed by atoms with Gasteiger partial charge in [-0.25, -0.2) is 14.8 Å². The molecule has 3 aromatic heterocycles. The van der Waals surface area contributed by atoms with E-state index in [2.05, 4.69) is 6.07 Å². The standard InChI is InChI=1S/C38H49N5O6/c1-22-34(48-3)14-13-30(40-22)25-11-9-24(10-12-25)20-42(37(45)26-7-5-4-6-8-26)35-17-27(15-16-39-35)31-21-49-36(41-31)29-18-28(29)32-19-33(44)23(2)43(32)38(46)47/h13-17,21,23-26,28-29,32-33,44H,4-12,18-20H2,1-3H3,(H,46,47)/t23-,24?,25?,28?,29?,32?,33-/m0/s1. The molecule has 262 valence electrons. The number of aromatic nitrogens is 3. The van der Waals surface area contributed by atoms with Crippen molar-refractivity contribution in [3.05, 3.63) is 54.0 Å². The Labute approximate surface area is 288 Å². The first kappa shape index (κ1) is 33.5. The first-order chi connectivity index (χ1) is 23.7. The van der Waals surface area contributed by atoms with Crippen LogP contribution in [0.15, 0.2) is 41.1 Å². The predicted octanol–water partition coefficient (Wildman–Crippen LogP) is 6.94. The molecule has 3 unspecified atom stereocenters. The molecule has 0 bridgehead atoms. The number of anilines is 1. The van der Waals surface area contributed by atoms with Crippen LogP contribution in [0.5, 0.6) is 5.75 Å². The molecule has 4 heterocycles. The fourth-order valence-electron chi connectivity index (χ4n) is 8.76. The van der Waals surface area contributed by atoms with Crippen LogP contribution in [0.2, 0.25) is 0 Å². The number of aliphatic hydroxyl groups is 1. The van der Waals surface area contributed by atoms with Gasteiger partial charge < -0.3 is 19.4 Å². The molecule has 3 saturated carbocycles. The highest BCUT2D eigenvalue weighted by atomic mass is 16.5. The van der Waals surface area contributed by atoms with Crippen molar-refractivity contribution in [1.82, 2.24) is 19.9 Å². The Morgan fingerprint density at radius 2 is 1.82 bits per heavy atom. The summed E-state index contributed by atoms with van der Waals surface area (Å²) in [6, 6.07) is 7.29. The number of carbonyl (C=O) groups is 2. The summed E-state index contributed by atoms with van der Waals surface area (Å²) in [6.07, 6.45) is 12.3. The van der Waals surface area contributed by atoms with Gasteiger partial charge in [0.1, 0.15) is 23.5 Å². The molecule has 1 aliphatic heterocycles. The van der Waals surface area contributed by atoms with Crippen LogP contribution in [0.4, 0.5) is 10.6 Å². The summed E-state index contributed by atoms with van der Waals surface area (Å²) in [5.41, 5.74) is 3.55. The molecule has 2 N–H and O–H groups in total. The normalized spacial score (nSPS) is 28.7. The van der Waals surface area contributed by atoms with Crippen LogP contribution in [0.3, 0.4) is 0 Å². The van der Waals surface area contributed by atoms with Crippen LogP contribution in [0.25, 0.3) is 11.3 Å². The minimum Gasteiger partial charge on any atom is -0.495 e. The summed E-state index contributed by atoms with van der Waals surface area (Å²) in [5.74, 6) is 3.12. The van der Waals surface area contributed by atoms with Crippen molar-refractivity contribution in [3.63, 3.8) is 0 Å². The van der Waals surface area contributed by atoms with Gasteiger partial charge in [-0.2, -0.15) is 0 Å². The molecule has 7 rings (SSSR count). The van der Waals surface area contributed by atoms with Crippen molar-refractivity contribution in [1.29, 1.82) is 0 Å². The maximum Gasteiger partial charge on any atom is 0.407 e. The lowest BCUT2D eigenvalue weighted by Crippen LogP contribution is -2.41. The number of aliphatic hydroxyl groups excluding tert-OH is 1. The van der Waals surface area contributed by atoms with Gasteiger partial charge in [0.2, 0.25) is 5.91 Å². The summed E-state index contributed by atoms with van der Waals surface area (Å²) in [4.78, 5) is 43.8. The van der Waals surface area contributed by atoms with Crippen molar-refractivity contribution in [3.8, 4) is 17.0 Å². The van der Waals surface area contributed by atoms with Gasteiger partial charge in [-0.1, -0.05) is 19.3 Å². The summed E-state index contributed by atoms with van der Waals surface area (Å²) in [5, 5.41) is 20.1. The number of pyridine rings is 2. The molecule has 5 atom stereocenters. The topological polar surface area (TPSA) is 142 Å². The van der Waals surface area contributed by atoms with E-state index in [0.29, 0.717) is 42.2 Å². The molecule has 3 aromatic rings. The monoisotopic (exact) mass is 671 g/mol. The Bertz CT molecular complexity index is 1650. The third kappa shape index (κ3) is 6.91. The number of hydrogen-bond acceptors (Lipinski definition) is 8. The molecule has 0 radical (unpaired) electrons. The third-order valence-electron chi connectivity index (χ3n) is 11.8. The van der Waals surface area contributed by atoms with Gasteiger partial charge in [-0.3, -0.25) is 19.6 Å². The Hall–Kier alpha value is -3.99. The van der Waals surface area contributed by atoms with Crippen LogP contribution in [0, 0.1) is 24.7 Å². The van der Waals surface area contributed by atoms with Crippen LogP contribution in [0.1, 0.15) is 107 Å². The molecule has 1 saturated heterocycles. The molecule has 4 fully saturated rings. The van der Waals surface area contributed by atoms with Crippen molar-refractivity contribution in [2.75, 3.05) is 18.6 Å². The molecule has 11 heteroatoms. The van der Waals surface area contributed by atoms with E-state index in [-0.39, 0.29) is 29.7 Å². The Morgan fingerprint density at radius 3 is 2.53 bits per heavy atom. The fraction of sp³-hybridized carbons (Fsp3) is 0.605. The second-order valence-corrected chi connectivity index (χ2v) is 14.8. The lowest BCUT2D eigenvalue weighted by atomic mass is 9.79. The molecular formula is C38H49N5O6. The number of methoxy groups -OCH3 is 1. The number of oxazole rings is 1. The minimum atomic E-state index is -0.998. The van der Waals surface area contributed by atoms with E-state index in [9.17, 15) is 19.8 Å². The van der Waals surface area contributed by atoms with E-state index in [1.165, 1.54) is 11.3 Å². The SMILES string of the molecule is COc1ccc(C2CCC(CN(C(=O)C3CCCCC3)c3cc(-c4coc(C5CC5C5C[C@H](O)[C@H](C)N5C(=O)O)n4)ccn3)CC2)nc1C. The van der Waals surface area contributed by atoms with Gasteiger partial charge in [-0.05, 0) is 101 Å². The van der Waals surface area contributed by atoms with E-state index in [0.717, 1.165) is 80.5 Å². The largest absolute Gasteiger partial charge is 0.495 e. The molecule has 0 aromatic carbocycles. The minimum absolute atomic E-state index is 0.0101. The van der Waals surface area contributed by atoms with Crippen LogP contribution < -0.4 is 9.64 Å². The van der Waals surface area contributed by atoms with Gasteiger partial charge in [0.05, 0.1) is 24.9 Å². The number of carboxylic acid groups (broad SMARTS) is 1. The Balaban J connectivity index is 1.06. The highest BCUT2D eigenvalue weighted by Gasteiger charge is 2.54. The Kier molecular flexibility index (Phi) is 9.64. The van der Waals surface area contributed by atoms with Crippen molar-refractivity contribution < 1.29 is 29.0 Å². The van der Waals surface area contributed by atoms with E-state index < -0.39 is 18.2 Å². The smallest absolute Gasteiger partial charge is 0.407 e. The summed E-state index contributed by atoms with van der Waals surface area (Å²) < 4.78 is 11.4. The number of carbonyl (C=O) groups excluding carboxylic acids is 1. The quantitative estimate of drug-likeness (QED) is 0.247. The zero-order valence-corrected chi connectivity index (χ0v) is 28.8. The number of amides is 2. The molecule has 0 spiro atoms. The molecule has 49 heavy (non-hydrogen) atoms. The number of ether oxygens (including phenoxy) is 1. The molecular weight excluding hydrogens is 622 g/mol. The zero-order chi connectivity index (χ0) is 34.2. The summed E-state index contributed by atoms with van der Waals surface area (Å²) >= 11 is 0. The third-order valence-corrected chi connectivity index (χ3v) is 11.8. The van der Waals surface area contributed by atoms with Gasteiger partial charge in [0.15, 0.2) is 5.89 Å². The summed E-state index contributed by atoms with van der Waals surface area (Å²) in [7, 11) is 1.67. The lowest BCUT2D eigenvalue weighted by molar-refractivity contribution is -0.123. The highest BCUT2D eigenvalue weighted by Crippen LogP contribution is 2.53. The predicted molar refractivity (Wildman–Crippen MR) is 183 cm³/mol. The number of hydrogen-bond donors (Lipinski definition) is 2. The number of aryl methyl sites for hydroxylation is 1. The maximum atomic E-state index is 14.2. The first-order valence-electron chi connectivity index (χ1n) is 18.2. The Morgan fingerprint density at radius 1 is 1.04 bits per heavy atom. The van der Waals surface area contributed by atoms with Crippen LogP contribution >= 0.6 is 0 Å². The maximum absolute atomic E-state index is 14.2. The van der Waals surface area contributed by atoms with E-state index >= 15 is 0 Å². The highest BCUT2D eigenvalue weighted by molar-refractivity contribution is 5.94. The zero-order valence-electron chi connectivity index (χ0n) is 28.8. The van der Waals surface area contributed by atoms with Gasteiger partial charge in [0, 0.05) is 47.8 Å². The second-order valence-electron chi connectivity index (χ2n) is 14.8. The average molecular weight is 672 g/mol. The van der Waals surface area contributed by atoms with E-state index in [1.807, 2.05) is 30.0 Å². The van der Waals surface area contributed by atoms with E-state index in [1.54, 1.807) is 26.5 Å². The molecule has 2 amide bonds. The van der Waals surface area contributed by atoms with Crippen LogP contribution in [-0.2, 0) is 4.79 Å². The lowest BCUT2D eigenvalue weighted by Gasteiger charge is -2.34. The number of nitrogens with zero attached hydrogens (tertiary/aromatic N) is 5. The van der Waals surface area contributed by atoms with Crippen LogP contribution in [-0.4, -0.2) is 73.9 Å². The molecule has 11 nitrogen and oxygen atoms in total. The van der Waals surface area contributed by atoms with Gasteiger partial charge in [-0.15, -0.1) is 0 Å². The van der Waals surface area contributed by atoms with E-state index in [4.69, 9.17) is 24.1 Å². The number of likely N-dealkylation sites (tertiary alicyclic amines) is 1. The van der Waals surface area contributed by atoms with Gasteiger partial charge in [0.25, 0.3) is 0 Å². The van der Waals surface area contributed by atoms with Crippen molar-refractivity contribution in [2.45, 2.75) is 114 Å². The van der Waals surface area contributed by atoms with Crippen molar-refractivity contribution >= 4 is 17.8 Å². The fourth-order valence-corrected chi connectivity index (χ4v) is 8.76. The number of rotatable bonds is 9. The molecule has 4 aliphatic rings.